The number of urea groups is 1. The van der Waals surface area contributed by atoms with Crippen LogP contribution >= 0.6 is 0 Å². The predicted octanol–water partition coefficient (Wildman–Crippen LogP) is 3.13. The first-order valence-corrected chi connectivity index (χ1v) is 10.1. The molecule has 2 aromatic carbocycles. The van der Waals surface area contributed by atoms with Crippen LogP contribution in [0.3, 0.4) is 0 Å². The van der Waals surface area contributed by atoms with Crippen molar-refractivity contribution in [2.45, 2.75) is 37.2 Å². The maximum absolute atomic E-state index is 12.6. The molecule has 5 heteroatoms. The number of aliphatic hydroxyl groups excluding tert-OH is 1. The third-order valence-corrected chi connectivity index (χ3v) is 5.61. The first-order valence-electron chi connectivity index (χ1n) is 10.1. The quantitative estimate of drug-likeness (QED) is 0.719. The summed E-state index contributed by atoms with van der Waals surface area (Å²) in [6.45, 7) is 1.39. The van der Waals surface area contributed by atoms with Crippen LogP contribution in [-0.4, -0.2) is 53.0 Å². The summed E-state index contributed by atoms with van der Waals surface area (Å²) in [5, 5.41) is 22.6. The molecule has 2 amide bonds. The summed E-state index contributed by atoms with van der Waals surface area (Å²) < 4.78 is 0. The highest BCUT2D eigenvalue weighted by Crippen LogP contribution is 2.27. The fraction of sp³-hybridized carbons (Fsp3) is 0.435. The molecular formula is C23H30N2O3. The number of nitrogens with zero attached hydrogens (tertiary/aromatic N) is 1. The van der Waals surface area contributed by atoms with Gasteiger partial charge in [-0.25, -0.2) is 4.79 Å². The highest BCUT2D eigenvalue weighted by Gasteiger charge is 2.30. The minimum Gasteiger partial charge on any atom is -0.393 e. The molecule has 0 saturated carbocycles. The van der Waals surface area contributed by atoms with Gasteiger partial charge in [-0.3, -0.25) is 0 Å². The smallest absolute Gasteiger partial charge is 0.317 e. The lowest BCUT2D eigenvalue weighted by Crippen LogP contribution is -2.42. The van der Waals surface area contributed by atoms with Crippen LogP contribution in [-0.2, 0) is 0 Å². The van der Waals surface area contributed by atoms with Crippen LogP contribution in [0.1, 0.15) is 42.7 Å². The average Bonchev–Trinajstić information content (AvgIpc) is 2.95. The van der Waals surface area contributed by atoms with E-state index in [9.17, 15) is 15.0 Å². The van der Waals surface area contributed by atoms with E-state index >= 15 is 0 Å². The van der Waals surface area contributed by atoms with Crippen LogP contribution in [0, 0.1) is 0 Å². The fourth-order valence-corrected chi connectivity index (χ4v) is 3.87. The highest BCUT2D eigenvalue weighted by atomic mass is 16.3. The molecule has 1 saturated heterocycles. The normalized spacial score (nSPS) is 20.0. The van der Waals surface area contributed by atoms with E-state index in [1.54, 1.807) is 4.90 Å². The molecule has 1 aliphatic rings. The Morgan fingerprint density at radius 1 is 1.00 bits per heavy atom. The minimum absolute atomic E-state index is 0.0953. The lowest BCUT2D eigenvalue weighted by molar-refractivity contribution is -0.0248. The summed E-state index contributed by atoms with van der Waals surface area (Å²) in [4.78, 5) is 14.3. The Bertz CT molecular complexity index is 699. The Kier molecular flexibility index (Phi) is 7.06. The van der Waals surface area contributed by atoms with Crippen LogP contribution in [0.2, 0.25) is 0 Å². The second-order valence-corrected chi connectivity index (χ2v) is 7.62. The molecule has 0 aromatic heterocycles. The fourth-order valence-electron chi connectivity index (χ4n) is 3.87. The van der Waals surface area contributed by atoms with Crippen molar-refractivity contribution >= 4 is 6.03 Å². The number of aliphatic hydroxyl groups is 2. The second kappa shape index (κ2) is 9.71. The molecule has 0 bridgehead atoms. The largest absolute Gasteiger partial charge is 0.393 e. The zero-order valence-electron chi connectivity index (χ0n) is 16.3. The van der Waals surface area contributed by atoms with Crippen LogP contribution in [0.5, 0.6) is 0 Å². The number of hydrogen-bond donors (Lipinski definition) is 3. The molecule has 2 aromatic rings. The summed E-state index contributed by atoms with van der Waals surface area (Å²) in [7, 11) is 0. The Labute approximate surface area is 167 Å². The Balaban J connectivity index is 1.58. The molecule has 1 fully saturated rings. The van der Waals surface area contributed by atoms with Crippen molar-refractivity contribution < 1.29 is 15.0 Å². The Morgan fingerprint density at radius 2 is 1.61 bits per heavy atom. The molecule has 1 heterocycles. The number of carbonyl (C=O) groups excluding carboxylic acids is 1. The first-order chi connectivity index (χ1) is 13.6. The molecule has 1 atom stereocenters. The second-order valence-electron chi connectivity index (χ2n) is 7.62. The number of nitrogens with one attached hydrogen (secondary N) is 1. The van der Waals surface area contributed by atoms with Crippen LogP contribution in [0.4, 0.5) is 4.79 Å². The van der Waals surface area contributed by atoms with Crippen molar-refractivity contribution in [3.8, 4) is 0 Å². The van der Waals surface area contributed by atoms with E-state index in [-0.39, 0.29) is 18.6 Å². The SMILES string of the molecule is O=C(NCCC(c1ccccc1)c1ccccc1)N1CCC[C@@](O)(CO)CC1. The predicted molar refractivity (Wildman–Crippen MR) is 110 cm³/mol. The molecule has 5 nitrogen and oxygen atoms in total. The molecule has 1 aliphatic heterocycles. The standard InChI is InChI=1S/C23H30N2O3/c26-18-23(28)13-7-16-25(17-14-23)22(27)24-15-12-21(19-8-3-1-4-9-19)20-10-5-2-6-11-20/h1-6,8-11,21,26,28H,7,12-18H2,(H,24,27)/t23-/m0/s1. The number of benzene rings is 2. The van der Waals surface area contributed by atoms with Crippen LogP contribution < -0.4 is 5.32 Å². The first kappa shape index (κ1) is 20.4. The van der Waals surface area contributed by atoms with Crippen LogP contribution in [0.15, 0.2) is 60.7 Å². The van der Waals surface area contributed by atoms with E-state index < -0.39 is 5.60 Å². The van der Waals surface area contributed by atoms with Gasteiger partial charge in [-0.15, -0.1) is 0 Å². The van der Waals surface area contributed by atoms with Gasteiger partial charge in [0.15, 0.2) is 0 Å². The van der Waals surface area contributed by atoms with Gasteiger partial charge in [0.25, 0.3) is 0 Å². The topological polar surface area (TPSA) is 72.8 Å². The van der Waals surface area contributed by atoms with E-state index in [1.165, 1.54) is 11.1 Å². The molecule has 3 N–H and O–H groups in total. The molecule has 0 aliphatic carbocycles. The Hall–Kier alpha value is -2.37. The number of rotatable bonds is 6. The van der Waals surface area contributed by atoms with Gasteiger partial charge in [-0.2, -0.15) is 0 Å². The Morgan fingerprint density at radius 3 is 2.18 bits per heavy atom. The van der Waals surface area contributed by atoms with Crippen molar-refractivity contribution in [3.05, 3.63) is 71.8 Å². The summed E-state index contributed by atoms with van der Waals surface area (Å²) in [5.41, 5.74) is 1.43. The van der Waals surface area contributed by atoms with Gasteiger partial charge in [0.05, 0.1) is 12.2 Å². The lowest BCUT2D eigenvalue weighted by atomic mass is 9.88. The summed E-state index contributed by atoms with van der Waals surface area (Å²) >= 11 is 0. The number of carbonyl (C=O) groups is 1. The van der Waals surface area contributed by atoms with Gasteiger partial charge in [0, 0.05) is 25.6 Å². The van der Waals surface area contributed by atoms with E-state index in [0.717, 1.165) is 6.42 Å². The molecular weight excluding hydrogens is 352 g/mol. The van der Waals surface area contributed by atoms with Gasteiger partial charge in [-0.1, -0.05) is 60.7 Å². The lowest BCUT2D eigenvalue weighted by Gasteiger charge is -2.25. The van der Waals surface area contributed by atoms with Gasteiger partial charge in [0.2, 0.25) is 0 Å². The van der Waals surface area contributed by atoms with Crippen molar-refractivity contribution in [2.75, 3.05) is 26.2 Å². The molecule has 0 radical (unpaired) electrons. The maximum Gasteiger partial charge on any atom is 0.317 e. The molecule has 150 valence electrons. The van der Waals surface area contributed by atoms with E-state index in [1.807, 2.05) is 36.4 Å². The van der Waals surface area contributed by atoms with Crippen molar-refractivity contribution in [1.29, 1.82) is 0 Å². The van der Waals surface area contributed by atoms with E-state index in [0.29, 0.717) is 38.9 Å². The maximum atomic E-state index is 12.6. The average molecular weight is 383 g/mol. The summed E-state index contributed by atoms with van der Waals surface area (Å²) in [6, 6.07) is 20.6. The van der Waals surface area contributed by atoms with Crippen molar-refractivity contribution in [1.82, 2.24) is 10.2 Å². The zero-order valence-corrected chi connectivity index (χ0v) is 16.3. The van der Waals surface area contributed by atoms with E-state index in [2.05, 4.69) is 29.6 Å². The van der Waals surface area contributed by atoms with E-state index in [4.69, 9.17) is 0 Å². The summed E-state index contributed by atoms with van der Waals surface area (Å²) in [6.07, 6.45) is 2.44. The third kappa shape index (κ3) is 5.33. The van der Waals surface area contributed by atoms with Gasteiger partial charge in [0.1, 0.15) is 0 Å². The molecule has 0 unspecified atom stereocenters. The van der Waals surface area contributed by atoms with Crippen molar-refractivity contribution in [2.24, 2.45) is 0 Å². The van der Waals surface area contributed by atoms with Gasteiger partial charge >= 0.3 is 6.03 Å². The van der Waals surface area contributed by atoms with Gasteiger partial charge < -0.3 is 20.4 Å². The third-order valence-electron chi connectivity index (χ3n) is 5.61. The minimum atomic E-state index is -1.05. The number of amides is 2. The highest BCUT2D eigenvalue weighted by molar-refractivity contribution is 5.74. The van der Waals surface area contributed by atoms with Gasteiger partial charge in [-0.05, 0) is 36.8 Å². The molecule has 0 spiro atoms. The number of likely N-dealkylation sites (tertiary alicyclic amines) is 1. The monoisotopic (exact) mass is 382 g/mol. The van der Waals surface area contributed by atoms with Crippen molar-refractivity contribution in [3.63, 3.8) is 0 Å². The van der Waals surface area contributed by atoms with Crippen LogP contribution in [0.25, 0.3) is 0 Å². The molecule has 28 heavy (non-hydrogen) atoms. The summed E-state index contributed by atoms with van der Waals surface area (Å²) in [5.74, 6) is 0.228. The number of hydrogen-bond acceptors (Lipinski definition) is 3. The molecule has 3 rings (SSSR count). The zero-order chi connectivity index (χ0) is 19.8.